The molecule has 1 aromatic carbocycles. The summed E-state index contributed by atoms with van der Waals surface area (Å²) in [4.78, 5) is 2.28. The number of hydrogen-bond donors (Lipinski definition) is 0. The van der Waals surface area contributed by atoms with Crippen LogP contribution in [0.4, 0.5) is 0 Å². The van der Waals surface area contributed by atoms with Crippen LogP contribution in [-0.4, -0.2) is 31.4 Å². The van der Waals surface area contributed by atoms with Crippen molar-refractivity contribution in [1.82, 2.24) is 24.8 Å². The molecule has 8 heteroatoms. The molecule has 1 aliphatic heterocycles. The second-order valence-corrected chi connectivity index (χ2v) is 6.26. The lowest BCUT2D eigenvalue weighted by molar-refractivity contribution is 0.209. The van der Waals surface area contributed by atoms with Crippen molar-refractivity contribution in [2.24, 2.45) is 0 Å². The standard InChI is InChI=1S/C15H13Cl2N5O/c16-11-2-1-10(12(17)7-11)8-21-5-6-22-14(9-21)19-20-15(22)13-3-4-18-23-13/h1-4,7H,5-6,8-9H2. The van der Waals surface area contributed by atoms with E-state index in [9.17, 15) is 0 Å². The van der Waals surface area contributed by atoms with Crippen molar-refractivity contribution in [2.45, 2.75) is 19.6 Å². The summed E-state index contributed by atoms with van der Waals surface area (Å²) in [5.74, 6) is 2.27. The lowest BCUT2D eigenvalue weighted by Crippen LogP contribution is -2.33. The number of benzene rings is 1. The molecule has 3 heterocycles. The SMILES string of the molecule is Clc1ccc(CN2CCn3c(nnc3-c3ccno3)C2)c(Cl)c1. The molecule has 0 unspecified atom stereocenters. The molecule has 23 heavy (non-hydrogen) atoms. The number of fused-ring (bicyclic) bond motifs is 1. The van der Waals surface area contributed by atoms with Gasteiger partial charge in [0.1, 0.15) is 5.82 Å². The third-order valence-electron chi connectivity index (χ3n) is 3.90. The number of halogens is 2. The Labute approximate surface area is 142 Å². The van der Waals surface area contributed by atoms with E-state index < -0.39 is 0 Å². The third kappa shape index (κ3) is 2.85. The molecule has 1 aliphatic rings. The molecule has 0 atom stereocenters. The van der Waals surface area contributed by atoms with Crippen LogP contribution in [0.15, 0.2) is 35.0 Å². The van der Waals surface area contributed by atoms with Crippen LogP contribution < -0.4 is 0 Å². The first-order valence-corrected chi connectivity index (χ1v) is 7.96. The molecular weight excluding hydrogens is 337 g/mol. The largest absolute Gasteiger partial charge is 0.353 e. The van der Waals surface area contributed by atoms with Crippen molar-refractivity contribution in [1.29, 1.82) is 0 Å². The normalized spacial score (nSPS) is 14.9. The first kappa shape index (κ1) is 14.7. The Morgan fingerprint density at radius 2 is 2.04 bits per heavy atom. The minimum Gasteiger partial charge on any atom is -0.353 e. The summed E-state index contributed by atoms with van der Waals surface area (Å²) in [6.45, 7) is 3.13. The minimum atomic E-state index is 0.637. The quantitative estimate of drug-likeness (QED) is 0.726. The molecule has 118 valence electrons. The van der Waals surface area contributed by atoms with Crippen molar-refractivity contribution in [3.8, 4) is 11.6 Å². The van der Waals surface area contributed by atoms with Crippen LogP contribution in [0, 0.1) is 0 Å². The van der Waals surface area contributed by atoms with Gasteiger partial charge in [-0.05, 0) is 17.7 Å². The Morgan fingerprint density at radius 1 is 1.13 bits per heavy atom. The Bertz CT molecular complexity index is 831. The van der Waals surface area contributed by atoms with E-state index in [1.807, 2.05) is 12.1 Å². The summed E-state index contributed by atoms with van der Waals surface area (Å²) in [6, 6.07) is 7.38. The lowest BCUT2D eigenvalue weighted by Gasteiger charge is -2.27. The van der Waals surface area contributed by atoms with Gasteiger partial charge in [0.15, 0.2) is 0 Å². The van der Waals surface area contributed by atoms with Crippen molar-refractivity contribution in [3.05, 3.63) is 51.9 Å². The lowest BCUT2D eigenvalue weighted by atomic mass is 10.2. The van der Waals surface area contributed by atoms with Crippen LogP contribution in [0.2, 0.25) is 10.0 Å². The van der Waals surface area contributed by atoms with Gasteiger partial charge in [0.25, 0.3) is 0 Å². The van der Waals surface area contributed by atoms with Crippen LogP contribution in [-0.2, 0) is 19.6 Å². The van der Waals surface area contributed by atoms with E-state index in [1.165, 1.54) is 0 Å². The molecule has 0 bridgehead atoms. The van der Waals surface area contributed by atoms with Crippen LogP contribution in [0.1, 0.15) is 11.4 Å². The molecule has 0 aliphatic carbocycles. The second-order valence-electron chi connectivity index (χ2n) is 5.41. The van der Waals surface area contributed by atoms with Gasteiger partial charge in [0.2, 0.25) is 11.6 Å². The average molecular weight is 350 g/mol. The van der Waals surface area contributed by atoms with Crippen LogP contribution in [0.5, 0.6) is 0 Å². The monoisotopic (exact) mass is 349 g/mol. The Balaban J connectivity index is 1.53. The fraction of sp³-hybridized carbons (Fsp3) is 0.267. The summed E-state index contributed by atoms with van der Waals surface area (Å²) in [7, 11) is 0. The summed E-state index contributed by atoms with van der Waals surface area (Å²) < 4.78 is 7.25. The molecule has 2 aromatic heterocycles. The Hall–Kier alpha value is -1.89. The molecular formula is C15H13Cl2N5O. The van der Waals surface area contributed by atoms with E-state index in [2.05, 4.69) is 24.8 Å². The van der Waals surface area contributed by atoms with Crippen LogP contribution >= 0.6 is 23.2 Å². The van der Waals surface area contributed by atoms with Gasteiger partial charge in [-0.3, -0.25) is 4.90 Å². The number of aromatic nitrogens is 4. The smallest absolute Gasteiger partial charge is 0.204 e. The topological polar surface area (TPSA) is 60.0 Å². The van der Waals surface area contributed by atoms with Gasteiger partial charge >= 0.3 is 0 Å². The number of nitrogens with zero attached hydrogens (tertiary/aromatic N) is 5. The van der Waals surface area contributed by atoms with E-state index in [1.54, 1.807) is 18.3 Å². The van der Waals surface area contributed by atoms with Gasteiger partial charge in [-0.25, -0.2) is 0 Å². The van der Waals surface area contributed by atoms with Gasteiger partial charge < -0.3 is 9.09 Å². The predicted molar refractivity (Wildman–Crippen MR) is 86.1 cm³/mol. The summed E-state index contributed by atoms with van der Waals surface area (Å²) >= 11 is 12.2. The van der Waals surface area contributed by atoms with Gasteiger partial charge in [-0.2, -0.15) is 0 Å². The number of hydrogen-bond acceptors (Lipinski definition) is 5. The summed E-state index contributed by atoms with van der Waals surface area (Å²) in [5.41, 5.74) is 1.06. The first-order chi connectivity index (χ1) is 11.2. The van der Waals surface area contributed by atoms with Gasteiger partial charge in [0, 0.05) is 35.7 Å². The van der Waals surface area contributed by atoms with Crippen molar-refractivity contribution >= 4 is 23.2 Å². The highest BCUT2D eigenvalue weighted by Gasteiger charge is 2.23. The summed E-state index contributed by atoms with van der Waals surface area (Å²) in [6.07, 6.45) is 1.61. The molecule has 0 N–H and O–H groups in total. The maximum absolute atomic E-state index is 6.26. The molecule has 0 radical (unpaired) electrons. The molecule has 6 nitrogen and oxygen atoms in total. The molecule has 4 rings (SSSR count). The summed E-state index contributed by atoms with van der Waals surface area (Å²) in [5, 5.41) is 13.5. The zero-order valence-corrected chi connectivity index (χ0v) is 13.6. The zero-order chi connectivity index (χ0) is 15.8. The van der Waals surface area contributed by atoms with E-state index in [-0.39, 0.29) is 0 Å². The number of rotatable bonds is 3. The molecule has 3 aromatic rings. The van der Waals surface area contributed by atoms with E-state index in [4.69, 9.17) is 27.7 Å². The Morgan fingerprint density at radius 3 is 2.83 bits per heavy atom. The third-order valence-corrected chi connectivity index (χ3v) is 4.49. The highest BCUT2D eigenvalue weighted by molar-refractivity contribution is 6.35. The maximum Gasteiger partial charge on any atom is 0.204 e. The Kier molecular flexibility index (Phi) is 3.80. The maximum atomic E-state index is 6.26. The fourth-order valence-corrected chi connectivity index (χ4v) is 3.22. The molecule has 0 fully saturated rings. The highest BCUT2D eigenvalue weighted by Crippen LogP contribution is 2.25. The van der Waals surface area contributed by atoms with Gasteiger partial charge in [0.05, 0.1) is 12.7 Å². The highest BCUT2D eigenvalue weighted by atomic mass is 35.5. The van der Waals surface area contributed by atoms with Gasteiger partial charge in [-0.1, -0.05) is 34.4 Å². The van der Waals surface area contributed by atoms with Crippen molar-refractivity contribution < 1.29 is 4.52 Å². The zero-order valence-electron chi connectivity index (χ0n) is 12.1. The average Bonchev–Trinajstić information content (AvgIpc) is 3.18. The van der Waals surface area contributed by atoms with E-state index in [0.29, 0.717) is 22.4 Å². The predicted octanol–water partition coefficient (Wildman–Crippen LogP) is 3.26. The second kappa shape index (κ2) is 5.96. The molecule has 0 saturated carbocycles. The molecule has 0 amide bonds. The van der Waals surface area contributed by atoms with Crippen molar-refractivity contribution in [3.63, 3.8) is 0 Å². The van der Waals surface area contributed by atoms with E-state index >= 15 is 0 Å². The van der Waals surface area contributed by atoms with Crippen LogP contribution in [0.3, 0.4) is 0 Å². The first-order valence-electron chi connectivity index (χ1n) is 7.20. The van der Waals surface area contributed by atoms with Crippen molar-refractivity contribution in [2.75, 3.05) is 6.54 Å². The fourth-order valence-electron chi connectivity index (χ4n) is 2.75. The van der Waals surface area contributed by atoms with Gasteiger partial charge in [-0.15, -0.1) is 10.2 Å². The molecule has 0 spiro atoms. The van der Waals surface area contributed by atoms with E-state index in [0.717, 1.165) is 36.8 Å². The molecule has 0 saturated heterocycles. The minimum absolute atomic E-state index is 0.637. The van der Waals surface area contributed by atoms with Crippen LogP contribution in [0.25, 0.3) is 11.6 Å².